The van der Waals surface area contributed by atoms with E-state index in [2.05, 4.69) is 41.7 Å². The lowest BCUT2D eigenvalue weighted by Crippen LogP contribution is -2.29. The molecule has 1 amide bonds. The van der Waals surface area contributed by atoms with Gasteiger partial charge in [0.05, 0.1) is 6.07 Å². The maximum Gasteiger partial charge on any atom is 0.254 e. The molecule has 0 radical (unpaired) electrons. The van der Waals surface area contributed by atoms with E-state index in [0.717, 1.165) is 59.4 Å². The van der Waals surface area contributed by atoms with Crippen LogP contribution in [0.15, 0.2) is 47.0 Å². The summed E-state index contributed by atoms with van der Waals surface area (Å²) in [6.07, 6.45) is 2.41. The monoisotopic (exact) mass is 401 g/mol. The Labute approximate surface area is 175 Å². The third kappa shape index (κ3) is 3.72. The molecule has 1 atom stereocenters. The van der Waals surface area contributed by atoms with E-state index in [1.54, 1.807) is 6.07 Å². The molecule has 0 fully saturated rings. The molecular weight excluding hydrogens is 378 g/mol. The minimum atomic E-state index is -1.31. The molecule has 3 aromatic rings. The molecule has 2 aromatic carbocycles. The van der Waals surface area contributed by atoms with Crippen LogP contribution in [0, 0.1) is 11.3 Å². The van der Waals surface area contributed by atoms with Crippen LogP contribution in [0.2, 0.25) is 0 Å². The minimum Gasteiger partial charge on any atom is -0.378 e. The summed E-state index contributed by atoms with van der Waals surface area (Å²) in [6.45, 7) is 2.03. The zero-order valence-electron chi connectivity index (χ0n) is 16.8. The summed E-state index contributed by atoms with van der Waals surface area (Å²) in [4.78, 5) is 12.0. The highest BCUT2D eigenvalue weighted by molar-refractivity contribution is 5.83. The Morgan fingerprint density at radius 3 is 2.80 bits per heavy atom. The largest absolute Gasteiger partial charge is 0.378 e. The van der Waals surface area contributed by atoms with Crippen molar-refractivity contribution < 1.29 is 14.4 Å². The fraction of sp³-hybridized carbons (Fsp3) is 0.292. The summed E-state index contributed by atoms with van der Waals surface area (Å²) in [5, 5.41) is 25.6. The third-order valence-corrected chi connectivity index (χ3v) is 5.48. The molecule has 6 nitrogen and oxygen atoms in total. The van der Waals surface area contributed by atoms with Crippen LogP contribution in [0.25, 0.3) is 22.6 Å². The highest BCUT2D eigenvalue weighted by Gasteiger charge is 2.26. The van der Waals surface area contributed by atoms with Gasteiger partial charge in [-0.1, -0.05) is 61.0 Å². The smallest absolute Gasteiger partial charge is 0.254 e. The Hall–Kier alpha value is -3.43. The molecule has 1 aliphatic carbocycles. The van der Waals surface area contributed by atoms with Crippen LogP contribution < -0.4 is 5.32 Å². The standard InChI is InChI=1S/C24H23N3O3/c1-2-3-15-4-6-16(7-5-15)23-20-11-8-17-14-18(22(28)24(29)26-13-12-25)9-10-19(17)21(20)27-30-23/h4-7,9-10,14,22,28H,2-3,8,11,13H2,1H3,(H,26,29). The summed E-state index contributed by atoms with van der Waals surface area (Å²) >= 11 is 0. The molecule has 6 heteroatoms. The maximum atomic E-state index is 12.0. The fourth-order valence-electron chi connectivity index (χ4n) is 3.95. The molecule has 0 saturated carbocycles. The molecule has 0 bridgehead atoms. The van der Waals surface area contributed by atoms with Gasteiger partial charge in [-0.05, 0) is 36.0 Å². The van der Waals surface area contributed by atoms with Gasteiger partial charge < -0.3 is 14.9 Å². The van der Waals surface area contributed by atoms with E-state index in [-0.39, 0.29) is 6.54 Å². The predicted molar refractivity (Wildman–Crippen MR) is 112 cm³/mol. The van der Waals surface area contributed by atoms with Crippen LogP contribution in [0.1, 0.15) is 41.7 Å². The summed E-state index contributed by atoms with van der Waals surface area (Å²) < 4.78 is 5.73. The molecule has 1 heterocycles. The third-order valence-electron chi connectivity index (χ3n) is 5.48. The Morgan fingerprint density at radius 1 is 1.27 bits per heavy atom. The first-order valence-electron chi connectivity index (χ1n) is 10.2. The van der Waals surface area contributed by atoms with Crippen molar-refractivity contribution in [1.82, 2.24) is 10.5 Å². The van der Waals surface area contributed by atoms with Crippen LogP contribution in [0.4, 0.5) is 0 Å². The average Bonchev–Trinajstić information content (AvgIpc) is 3.22. The van der Waals surface area contributed by atoms with Crippen molar-refractivity contribution >= 4 is 5.91 Å². The fourth-order valence-corrected chi connectivity index (χ4v) is 3.95. The number of aryl methyl sites for hydroxylation is 2. The SMILES string of the molecule is CCCc1ccc(-c2onc3c2CCc2cc(C(O)C(=O)NCC#N)ccc2-3)cc1. The number of aliphatic hydroxyl groups is 1. The molecule has 2 N–H and O–H groups in total. The molecule has 4 rings (SSSR count). The normalized spacial score (nSPS) is 13.1. The Morgan fingerprint density at radius 2 is 2.07 bits per heavy atom. The van der Waals surface area contributed by atoms with Crippen LogP contribution >= 0.6 is 0 Å². The predicted octanol–water partition coefficient (Wildman–Crippen LogP) is 3.73. The lowest BCUT2D eigenvalue weighted by molar-refractivity contribution is -0.129. The Bertz CT molecular complexity index is 1110. The van der Waals surface area contributed by atoms with Gasteiger partial charge in [0.15, 0.2) is 11.9 Å². The van der Waals surface area contributed by atoms with E-state index in [9.17, 15) is 9.90 Å². The number of nitrogens with one attached hydrogen (secondary N) is 1. The van der Waals surface area contributed by atoms with Crippen LogP contribution in [0.5, 0.6) is 0 Å². The number of nitriles is 1. The summed E-state index contributed by atoms with van der Waals surface area (Å²) in [7, 11) is 0. The van der Waals surface area contributed by atoms with E-state index < -0.39 is 12.0 Å². The minimum absolute atomic E-state index is 0.134. The van der Waals surface area contributed by atoms with Crippen molar-refractivity contribution in [3.8, 4) is 28.7 Å². The van der Waals surface area contributed by atoms with Crippen molar-refractivity contribution in [1.29, 1.82) is 5.26 Å². The van der Waals surface area contributed by atoms with Gasteiger partial charge in [0.25, 0.3) is 5.91 Å². The topological polar surface area (TPSA) is 99.2 Å². The van der Waals surface area contributed by atoms with Gasteiger partial charge in [-0.3, -0.25) is 4.79 Å². The Kier molecular flexibility index (Phi) is 5.64. The number of fused-ring (bicyclic) bond motifs is 3. The highest BCUT2D eigenvalue weighted by Crippen LogP contribution is 2.39. The number of hydrogen-bond donors (Lipinski definition) is 2. The number of carbonyl (C=O) groups excluding carboxylic acids is 1. The van der Waals surface area contributed by atoms with E-state index in [1.807, 2.05) is 18.2 Å². The van der Waals surface area contributed by atoms with Crippen molar-refractivity contribution in [3.05, 3.63) is 64.7 Å². The van der Waals surface area contributed by atoms with Crippen molar-refractivity contribution in [2.24, 2.45) is 0 Å². The van der Waals surface area contributed by atoms with Gasteiger partial charge in [0.2, 0.25) is 0 Å². The average molecular weight is 401 g/mol. The second-order valence-corrected chi connectivity index (χ2v) is 7.48. The highest BCUT2D eigenvalue weighted by atomic mass is 16.5. The van der Waals surface area contributed by atoms with Gasteiger partial charge in [0, 0.05) is 16.7 Å². The lowest BCUT2D eigenvalue weighted by atomic mass is 9.86. The summed E-state index contributed by atoms with van der Waals surface area (Å²) in [5.41, 5.74) is 6.72. The second-order valence-electron chi connectivity index (χ2n) is 7.48. The molecule has 1 unspecified atom stereocenters. The van der Waals surface area contributed by atoms with Gasteiger partial charge in [-0.15, -0.1) is 0 Å². The first-order valence-corrected chi connectivity index (χ1v) is 10.2. The number of rotatable bonds is 6. The lowest BCUT2D eigenvalue weighted by Gasteiger charge is -2.18. The number of aliphatic hydroxyl groups excluding tert-OH is 1. The van der Waals surface area contributed by atoms with Gasteiger partial charge in [-0.2, -0.15) is 5.26 Å². The van der Waals surface area contributed by atoms with E-state index in [4.69, 9.17) is 9.78 Å². The quantitative estimate of drug-likeness (QED) is 0.613. The maximum absolute atomic E-state index is 12.0. The Balaban J connectivity index is 1.61. The number of hydrogen-bond acceptors (Lipinski definition) is 5. The van der Waals surface area contributed by atoms with Crippen molar-refractivity contribution in [3.63, 3.8) is 0 Å². The van der Waals surface area contributed by atoms with Gasteiger partial charge in [-0.25, -0.2) is 0 Å². The number of nitrogens with zero attached hydrogens (tertiary/aromatic N) is 2. The summed E-state index contributed by atoms with van der Waals surface area (Å²) in [6, 6.07) is 15.7. The molecular formula is C24H23N3O3. The number of benzene rings is 2. The van der Waals surface area contributed by atoms with Crippen molar-refractivity contribution in [2.75, 3.05) is 6.54 Å². The molecule has 1 aliphatic rings. The van der Waals surface area contributed by atoms with Crippen molar-refractivity contribution in [2.45, 2.75) is 38.7 Å². The zero-order valence-corrected chi connectivity index (χ0v) is 16.8. The molecule has 30 heavy (non-hydrogen) atoms. The number of aromatic nitrogens is 1. The van der Waals surface area contributed by atoms with Crippen LogP contribution in [-0.2, 0) is 24.1 Å². The first-order chi connectivity index (χ1) is 14.6. The summed E-state index contributed by atoms with van der Waals surface area (Å²) in [5.74, 6) is 0.224. The molecule has 0 spiro atoms. The second kappa shape index (κ2) is 8.52. The van der Waals surface area contributed by atoms with E-state index in [1.165, 1.54) is 5.56 Å². The van der Waals surface area contributed by atoms with Crippen LogP contribution in [-0.4, -0.2) is 22.7 Å². The molecule has 1 aromatic heterocycles. The van der Waals surface area contributed by atoms with E-state index in [0.29, 0.717) is 5.56 Å². The first kappa shape index (κ1) is 19.9. The van der Waals surface area contributed by atoms with E-state index >= 15 is 0 Å². The number of carbonyl (C=O) groups is 1. The molecule has 0 aliphatic heterocycles. The molecule has 152 valence electrons. The van der Waals surface area contributed by atoms with Gasteiger partial charge >= 0.3 is 0 Å². The zero-order chi connectivity index (χ0) is 21.1. The van der Waals surface area contributed by atoms with Crippen LogP contribution in [0.3, 0.4) is 0 Å². The number of amides is 1. The molecule has 0 saturated heterocycles. The van der Waals surface area contributed by atoms with Gasteiger partial charge in [0.1, 0.15) is 12.2 Å².